The second kappa shape index (κ2) is 4.10. The van der Waals surface area contributed by atoms with Crippen molar-refractivity contribution in [3.05, 3.63) is 24.3 Å². The lowest BCUT2D eigenvalue weighted by Gasteiger charge is -2.33. The van der Waals surface area contributed by atoms with Crippen LogP contribution in [0.5, 0.6) is 0 Å². The van der Waals surface area contributed by atoms with E-state index in [1.54, 1.807) is 0 Å². The Hall–Kier alpha value is -0.560. The van der Waals surface area contributed by atoms with Crippen LogP contribution < -0.4 is 5.73 Å². The lowest BCUT2D eigenvalue weighted by atomic mass is 9.74. The lowest BCUT2D eigenvalue weighted by Crippen LogP contribution is -2.30. The summed E-state index contributed by atoms with van der Waals surface area (Å²) in [5, 5.41) is 0. The van der Waals surface area contributed by atoms with E-state index in [-0.39, 0.29) is 6.04 Å². The Balaban J connectivity index is 2.58. The van der Waals surface area contributed by atoms with E-state index in [2.05, 4.69) is 26.5 Å². The molecule has 1 nitrogen and oxygen atoms in total. The Labute approximate surface area is 81.7 Å². The van der Waals surface area contributed by atoms with Crippen LogP contribution in [-0.4, -0.2) is 6.04 Å². The topological polar surface area (TPSA) is 26.0 Å². The molecule has 0 aromatic rings. The Morgan fingerprint density at radius 1 is 1.69 bits per heavy atom. The lowest BCUT2D eigenvalue weighted by molar-refractivity contribution is 0.298. The molecule has 1 aliphatic carbocycles. The van der Waals surface area contributed by atoms with Crippen LogP contribution >= 0.6 is 0 Å². The van der Waals surface area contributed by atoms with E-state index in [4.69, 9.17) is 5.73 Å². The van der Waals surface area contributed by atoms with Crippen LogP contribution in [0.15, 0.2) is 24.3 Å². The fraction of sp³-hybridized carbons (Fsp3) is 0.667. The molecule has 0 aromatic carbocycles. The summed E-state index contributed by atoms with van der Waals surface area (Å²) < 4.78 is 0. The predicted octanol–water partition coefficient (Wildman–Crippen LogP) is 3.03. The van der Waals surface area contributed by atoms with Crippen LogP contribution in [0, 0.1) is 5.41 Å². The zero-order chi connectivity index (χ0) is 9.90. The van der Waals surface area contributed by atoms with Crippen LogP contribution in [0.3, 0.4) is 0 Å². The van der Waals surface area contributed by atoms with Crippen molar-refractivity contribution in [3.8, 4) is 0 Å². The Morgan fingerprint density at radius 3 is 2.92 bits per heavy atom. The Kier molecular flexibility index (Phi) is 3.32. The third-order valence-electron chi connectivity index (χ3n) is 2.61. The fourth-order valence-corrected chi connectivity index (χ4v) is 2.20. The van der Waals surface area contributed by atoms with Crippen molar-refractivity contribution >= 4 is 0 Å². The molecule has 1 rings (SSSR count). The van der Waals surface area contributed by atoms with Crippen LogP contribution in [0.2, 0.25) is 0 Å². The molecule has 0 amide bonds. The van der Waals surface area contributed by atoms with E-state index in [1.807, 2.05) is 6.08 Å². The van der Waals surface area contributed by atoms with Crippen molar-refractivity contribution < 1.29 is 0 Å². The van der Waals surface area contributed by atoms with Crippen LogP contribution in [-0.2, 0) is 0 Å². The van der Waals surface area contributed by atoms with Gasteiger partial charge in [0.1, 0.15) is 0 Å². The van der Waals surface area contributed by atoms with Gasteiger partial charge in [-0.2, -0.15) is 0 Å². The summed E-state index contributed by atoms with van der Waals surface area (Å²) in [6.07, 6.45) is 8.76. The van der Waals surface area contributed by atoms with Gasteiger partial charge in [-0.05, 0) is 31.1 Å². The van der Waals surface area contributed by atoms with Crippen LogP contribution in [0.25, 0.3) is 0 Å². The first-order chi connectivity index (χ1) is 6.03. The zero-order valence-electron chi connectivity index (χ0n) is 8.84. The van der Waals surface area contributed by atoms with Gasteiger partial charge in [0.05, 0.1) is 0 Å². The molecule has 1 unspecified atom stereocenters. The van der Waals surface area contributed by atoms with Gasteiger partial charge in [-0.15, -0.1) is 6.58 Å². The minimum absolute atomic E-state index is 0.267. The predicted molar refractivity (Wildman–Crippen MR) is 58.5 cm³/mol. The quantitative estimate of drug-likeness (QED) is 0.662. The van der Waals surface area contributed by atoms with Crippen molar-refractivity contribution in [2.24, 2.45) is 11.1 Å². The summed E-state index contributed by atoms with van der Waals surface area (Å²) in [5.74, 6) is 0. The first-order valence-corrected chi connectivity index (χ1v) is 5.09. The molecule has 1 aliphatic rings. The Bertz CT molecular complexity index is 213. The van der Waals surface area contributed by atoms with Gasteiger partial charge < -0.3 is 5.73 Å². The van der Waals surface area contributed by atoms with Crippen LogP contribution in [0.1, 0.15) is 39.5 Å². The van der Waals surface area contributed by atoms with Crippen LogP contribution in [0.4, 0.5) is 0 Å². The van der Waals surface area contributed by atoms with Gasteiger partial charge in [-0.3, -0.25) is 0 Å². The third kappa shape index (κ3) is 3.35. The maximum atomic E-state index is 5.97. The molecule has 0 bridgehead atoms. The molecule has 0 aromatic heterocycles. The van der Waals surface area contributed by atoms with E-state index >= 15 is 0 Å². The number of hydrogen-bond acceptors (Lipinski definition) is 1. The van der Waals surface area contributed by atoms with E-state index in [9.17, 15) is 0 Å². The number of nitrogens with two attached hydrogens (primary N) is 1. The molecular weight excluding hydrogens is 158 g/mol. The van der Waals surface area contributed by atoms with Gasteiger partial charge >= 0.3 is 0 Å². The average Bonchev–Trinajstić information content (AvgIpc) is 1.97. The molecule has 0 fully saturated rings. The van der Waals surface area contributed by atoms with Gasteiger partial charge in [0.15, 0.2) is 0 Å². The van der Waals surface area contributed by atoms with Gasteiger partial charge in [-0.25, -0.2) is 0 Å². The molecule has 13 heavy (non-hydrogen) atoms. The van der Waals surface area contributed by atoms with E-state index < -0.39 is 0 Å². The molecule has 0 saturated heterocycles. The fourth-order valence-electron chi connectivity index (χ4n) is 2.20. The molecule has 1 heteroatoms. The summed E-state index contributed by atoms with van der Waals surface area (Å²) in [6.45, 7) is 8.34. The summed E-state index contributed by atoms with van der Waals surface area (Å²) in [5.41, 5.74) is 7.88. The average molecular weight is 179 g/mol. The largest absolute Gasteiger partial charge is 0.324 e. The first-order valence-electron chi connectivity index (χ1n) is 5.09. The molecule has 1 atom stereocenters. The number of allylic oxidation sites excluding steroid dienone is 2. The molecule has 0 spiro atoms. The molecule has 2 N–H and O–H groups in total. The van der Waals surface area contributed by atoms with E-state index in [0.717, 1.165) is 19.3 Å². The van der Waals surface area contributed by atoms with E-state index in [0.29, 0.717) is 5.41 Å². The van der Waals surface area contributed by atoms with Crippen molar-refractivity contribution in [2.75, 3.05) is 0 Å². The molecular formula is C12H21N. The number of rotatable bonds is 3. The summed E-state index contributed by atoms with van der Waals surface area (Å²) >= 11 is 0. The highest BCUT2D eigenvalue weighted by molar-refractivity contribution is 5.14. The summed E-state index contributed by atoms with van der Waals surface area (Å²) in [7, 11) is 0. The third-order valence-corrected chi connectivity index (χ3v) is 2.61. The van der Waals surface area contributed by atoms with Crippen molar-refractivity contribution in [1.82, 2.24) is 0 Å². The van der Waals surface area contributed by atoms with E-state index in [1.165, 1.54) is 12.0 Å². The smallest absolute Gasteiger partial charge is 0.0231 e. The second-order valence-electron chi connectivity index (χ2n) is 4.86. The first kappa shape index (κ1) is 10.5. The SMILES string of the molecule is C=CCCC1=CC(N)CC(C)(C)C1. The monoisotopic (exact) mass is 179 g/mol. The number of hydrogen-bond donors (Lipinski definition) is 1. The minimum Gasteiger partial charge on any atom is -0.324 e. The highest BCUT2D eigenvalue weighted by Gasteiger charge is 2.26. The molecule has 0 radical (unpaired) electrons. The van der Waals surface area contributed by atoms with Gasteiger partial charge in [-0.1, -0.05) is 31.6 Å². The molecule has 0 saturated carbocycles. The molecule has 74 valence electrons. The van der Waals surface area contributed by atoms with Crippen molar-refractivity contribution in [3.63, 3.8) is 0 Å². The van der Waals surface area contributed by atoms with Crippen molar-refractivity contribution in [2.45, 2.75) is 45.6 Å². The summed E-state index contributed by atoms with van der Waals surface area (Å²) in [6, 6.07) is 0.267. The zero-order valence-corrected chi connectivity index (χ0v) is 8.84. The molecule has 0 heterocycles. The Morgan fingerprint density at radius 2 is 2.38 bits per heavy atom. The standard InChI is InChI=1S/C12H21N/c1-4-5-6-10-7-11(13)9-12(2,3)8-10/h4,7,11H,1,5-6,8-9,13H2,2-3H3. The van der Waals surface area contributed by atoms with Gasteiger partial charge in [0.2, 0.25) is 0 Å². The maximum absolute atomic E-state index is 5.97. The summed E-state index contributed by atoms with van der Waals surface area (Å²) in [4.78, 5) is 0. The highest BCUT2D eigenvalue weighted by atomic mass is 14.6. The van der Waals surface area contributed by atoms with Crippen molar-refractivity contribution in [1.29, 1.82) is 0 Å². The van der Waals surface area contributed by atoms with Gasteiger partial charge in [0, 0.05) is 6.04 Å². The molecule has 0 aliphatic heterocycles. The maximum Gasteiger partial charge on any atom is 0.0231 e. The normalized spacial score (nSPS) is 26.7. The minimum atomic E-state index is 0.267. The van der Waals surface area contributed by atoms with Gasteiger partial charge in [0.25, 0.3) is 0 Å². The highest BCUT2D eigenvalue weighted by Crippen LogP contribution is 2.36. The second-order valence-corrected chi connectivity index (χ2v) is 4.86.